The number of sulfonamides is 1. The third kappa shape index (κ3) is 4.63. The Labute approximate surface area is 216 Å². The van der Waals surface area contributed by atoms with Crippen LogP contribution in [0.5, 0.6) is 0 Å². The number of benzene rings is 4. The van der Waals surface area contributed by atoms with Gasteiger partial charge in [0.25, 0.3) is 10.0 Å². The SMILES string of the molecule is CS(=O)(=O)c1cc(-c2ccccc2)ccc1C1CN(S(=O)(=O)c2ccccc2)C(=O)N1c1ccccc1. The van der Waals surface area contributed by atoms with E-state index in [2.05, 4.69) is 0 Å². The Balaban J connectivity index is 1.67. The van der Waals surface area contributed by atoms with Gasteiger partial charge >= 0.3 is 6.03 Å². The summed E-state index contributed by atoms with van der Waals surface area (Å²) in [4.78, 5) is 15.1. The van der Waals surface area contributed by atoms with Crippen LogP contribution in [0.4, 0.5) is 10.5 Å². The summed E-state index contributed by atoms with van der Waals surface area (Å²) in [6, 6.07) is 29.2. The smallest absolute Gasteiger partial charge is 0.284 e. The Morgan fingerprint density at radius 1 is 0.703 bits per heavy atom. The highest BCUT2D eigenvalue weighted by Crippen LogP contribution is 2.40. The molecular weight excluding hydrogens is 508 g/mol. The standard InChI is InChI=1S/C28H24N2O5S2/c1-36(32,33)27-19-22(21-11-5-2-6-12-21)17-18-25(27)26-20-29(37(34,35)24-15-9-4-10-16-24)28(31)30(26)23-13-7-3-8-14-23/h2-19,26H,20H2,1H3. The minimum atomic E-state index is -4.18. The number of hydrogen-bond acceptors (Lipinski definition) is 5. The first-order valence-electron chi connectivity index (χ1n) is 11.5. The number of para-hydroxylation sites is 1. The first kappa shape index (κ1) is 24.7. The van der Waals surface area contributed by atoms with Crippen molar-refractivity contribution < 1.29 is 21.6 Å². The van der Waals surface area contributed by atoms with Crippen molar-refractivity contribution >= 4 is 31.6 Å². The molecule has 1 aliphatic heterocycles. The van der Waals surface area contributed by atoms with E-state index in [4.69, 9.17) is 0 Å². The van der Waals surface area contributed by atoms with Crippen molar-refractivity contribution in [1.82, 2.24) is 4.31 Å². The zero-order chi connectivity index (χ0) is 26.2. The Bertz CT molecular complexity index is 1660. The number of sulfone groups is 1. The molecule has 0 aliphatic carbocycles. The lowest BCUT2D eigenvalue weighted by Gasteiger charge is -2.25. The quantitative estimate of drug-likeness (QED) is 0.343. The van der Waals surface area contributed by atoms with Crippen molar-refractivity contribution in [2.45, 2.75) is 15.8 Å². The molecule has 4 aromatic rings. The van der Waals surface area contributed by atoms with Crippen LogP contribution in [-0.2, 0) is 19.9 Å². The highest BCUT2D eigenvalue weighted by molar-refractivity contribution is 7.90. The summed E-state index contributed by atoms with van der Waals surface area (Å²) in [5.74, 6) is 0. The van der Waals surface area contributed by atoms with Crippen molar-refractivity contribution in [3.05, 3.63) is 115 Å². The predicted molar refractivity (Wildman–Crippen MR) is 142 cm³/mol. The number of anilines is 1. The van der Waals surface area contributed by atoms with Crippen molar-refractivity contribution in [2.24, 2.45) is 0 Å². The molecule has 37 heavy (non-hydrogen) atoms. The number of carbonyl (C=O) groups is 1. The minimum Gasteiger partial charge on any atom is -0.284 e. The number of nitrogens with zero attached hydrogens (tertiary/aromatic N) is 2. The normalized spacial score (nSPS) is 16.2. The lowest BCUT2D eigenvalue weighted by molar-refractivity contribution is 0.239. The Morgan fingerprint density at radius 3 is 1.86 bits per heavy atom. The van der Waals surface area contributed by atoms with Gasteiger partial charge in [0.2, 0.25) is 0 Å². The summed E-state index contributed by atoms with van der Waals surface area (Å²) in [6.45, 7) is -0.238. The number of amides is 2. The zero-order valence-electron chi connectivity index (χ0n) is 19.9. The van der Waals surface area contributed by atoms with Gasteiger partial charge in [-0.05, 0) is 47.0 Å². The van der Waals surface area contributed by atoms with E-state index >= 15 is 0 Å². The highest BCUT2D eigenvalue weighted by atomic mass is 32.2. The monoisotopic (exact) mass is 532 g/mol. The average molecular weight is 533 g/mol. The molecule has 4 aromatic carbocycles. The van der Waals surface area contributed by atoms with E-state index in [1.807, 2.05) is 30.3 Å². The summed E-state index contributed by atoms with van der Waals surface area (Å²) in [6.07, 6.45) is 1.11. The van der Waals surface area contributed by atoms with E-state index in [9.17, 15) is 21.6 Å². The van der Waals surface area contributed by atoms with Crippen molar-refractivity contribution in [2.75, 3.05) is 17.7 Å². The van der Waals surface area contributed by atoms with E-state index in [0.29, 0.717) is 16.8 Å². The summed E-state index contributed by atoms with van der Waals surface area (Å²) >= 11 is 0. The van der Waals surface area contributed by atoms with Gasteiger partial charge in [-0.1, -0.05) is 78.9 Å². The largest absolute Gasteiger partial charge is 0.339 e. The van der Waals surface area contributed by atoms with E-state index in [1.165, 1.54) is 17.0 Å². The molecule has 2 amide bonds. The molecule has 1 heterocycles. The molecule has 5 rings (SSSR count). The number of hydrogen-bond donors (Lipinski definition) is 0. The fourth-order valence-corrected chi connectivity index (χ4v) is 6.91. The molecule has 1 fully saturated rings. The zero-order valence-corrected chi connectivity index (χ0v) is 21.6. The van der Waals surface area contributed by atoms with Gasteiger partial charge in [-0.25, -0.2) is 25.9 Å². The second-order valence-electron chi connectivity index (χ2n) is 8.74. The molecule has 0 radical (unpaired) electrons. The van der Waals surface area contributed by atoms with Gasteiger partial charge in [0.05, 0.1) is 22.4 Å². The number of rotatable bonds is 6. The average Bonchev–Trinajstić information content (AvgIpc) is 3.27. The number of carbonyl (C=O) groups excluding carboxylic acids is 1. The van der Waals surface area contributed by atoms with Gasteiger partial charge in [-0.3, -0.25) is 4.90 Å². The lowest BCUT2D eigenvalue weighted by Crippen LogP contribution is -2.36. The topological polar surface area (TPSA) is 91.8 Å². The predicted octanol–water partition coefficient (Wildman–Crippen LogP) is 5.13. The molecule has 188 valence electrons. The summed E-state index contributed by atoms with van der Waals surface area (Å²) in [7, 11) is -7.91. The van der Waals surface area contributed by atoms with Crippen LogP contribution in [0.25, 0.3) is 11.1 Å². The second-order valence-corrected chi connectivity index (χ2v) is 12.6. The maximum absolute atomic E-state index is 13.7. The highest BCUT2D eigenvalue weighted by Gasteiger charge is 2.46. The molecule has 0 saturated carbocycles. The fourth-order valence-electron chi connectivity index (χ4n) is 4.55. The van der Waals surface area contributed by atoms with Gasteiger partial charge in [-0.2, -0.15) is 0 Å². The Hall–Kier alpha value is -3.95. The second kappa shape index (κ2) is 9.49. The van der Waals surface area contributed by atoms with Crippen LogP contribution in [0.15, 0.2) is 119 Å². The fraction of sp³-hybridized carbons (Fsp3) is 0.107. The van der Waals surface area contributed by atoms with Gasteiger partial charge in [0, 0.05) is 11.9 Å². The molecule has 1 unspecified atom stereocenters. The van der Waals surface area contributed by atoms with E-state index in [-0.39, 0.29) is 16.3 Å². The van der Waals surface area contributed by atoms with Crippen LogP contribution in [0.1, 0.15) is 11.6 Å². The number of urea groups is 1. The molecule has 9 heteroatoms. The molecule has 1 aliphatic rings. The maximum atomic E-state index is 13.7. The minimum absolute atomic E-state index is 0.0141. The van der Waals surface area contributed by atoms with Crippen LogP contribution in [-0.4, -0.2) is 40.0 Å². The van der Waals surface area contributed by atoms with Crippen LogP contribution in [0.3, 0.4) is 0 Å². The van der Waals surface area contributed by atoms with Crippen molar-refractivity contribution in [1.29, 1.82) is 0 Å². The summed E-state index contributed by atoms with van der Waals surface area (Å²) in [5, 5.41) is 0. The van der Waals surface area contributed by atoms with E-state index in [1.54, 1.807) is 66.7 Å². The van der Waals surface area contributed by atoms with Crippen LogP contribution >= 0.6 is 0 Å². The molecular formula is C28H24N2O5S2. The van der Waals surface area contributed by atoms with Gasteiger partial charge in [-0.15, -0.1) is 0 Å². The molecule has 1 atom stereocenters. The molecule has 7 nitrogen and oxygen atoms in total. The Kier molecular flexibility index (Phi) is 6.35. The van der Waals surface area contributed by atoms with Crippen molar-refractivity contribution in [3.8, 4) is 11.1 Å². The third-order valence-corrected chi connectivity index (χ3v) is 9.22. The van der Waals surface area contributed by atoms with Crippen molar-refractivity contribution in [3.63, 3.8) is 0 Å². The Morgan fingerprint density at radius 2 is 1.27 bits per heavy atom. The van der Waals surface area contributed by atoms with Gasteiger partial charge in [0.1, 0.15) is 0 Å². The first-order chi connectivity index (χ1) is 17.7. The van der Waals surface area contributed by atoms with E-state index < -0.39 is 31.9 Å². The molecule has 0 spiro atoms. The van der Waals surface area contributed by atoms with Gasteiger partial charge < -0.3 is 0 Å². The summed E-state index contributed by atoms with van der Waals surface area (Å²) in [5.41, 5.74) is 2.36. The van der Waals surface area contributed by atoms with Crippen LogP contribution in [0.2, 0.25) is 0 Å². The molecule has 0 aromatic heterocycles. The molecule has 0 bridgehead atoms. The summed E-state index contributed by atoms with van der Waals surface area (Å²) < 4.78 is 53.7. The third-order valence-electron chi connectivity index (χ3n) is 6.31. The van der Waals surface area contributed by atoms with E-state index in [0.717, 1.165) is 16.1 Å². The molecule has 1 saturated heterocycles. The lowest BCUT2D eigenvalue weighted by atomic mass is 10.00. The van der Waals surface area contributed by atoms with Gasteiger partial charge in [0.15, 0.2) is 9.84 Å². The van der Waals surface area contributed by atoms with Crippen LogP contribution < -0.4 is 4.90 Å². The molecule has 0 N–H and O–H groups in total. The maximum Gasteiger partial charge on any atom is 0.339 e. The van der Waals surface area contributed by atoms with Crippen LogP contribution in [0, 0.1) is 0 Å². The first-order valence-corrected chi connectivity index (χ1v) is 14.9.